The molecule has 0 spiro atoms. The Bertz CT molecular complexity index is 3470. The Morgan fingerprint density at radius 3 is 2.06 bits per heavy atom. The van der Waals surface area contributed by atoms with E-state index in [-0.39, 0.29) is 68.4 Å². The summed E-state index contributed by atoms with van der Waals surface area (Å²) in [6.45, 7) is 12.5. The van der Waals surface area contributed by atoms with Gasteiger partial charge < -0.3 is 76.4 Å². The van der Waals surface area contributed by atoms with Gasteiger partial charge in [0.25, 0.3) is 0 Å². The molecule has 2 bridgehead atoms. The number of amides is 6. The van der Waals surface area contributed by atoms with Crippen LogP contribution >= 0.6 is 0 Å². The predicted molar refractivity (Wildman–Crippen MR) is 340 cm³/mol. The maximum atomic E-state index is 15.4. The molecule has 1 saturated heterocycles. The molecule has 14 atom stereocenters. The van der Waals surface area contributed by atoms with Crippen LogP contribution in [0.1, 0.15) is 141 Å². The maximum Gasteiger partial charge on any atom is 0.338 e. The second-order valence-corrected chi connectivity index (χ2v) is 26.7. The minimum absolute atomic E-state index is 0.0157. The maximum absolute atomic E-state index is 15.4. The number of halogens is 1. The zero-order chi connectivity index (χ0) is 70.8. The Hall–Kier alpha value is -8.76. The number of benzene rings is 3. The summed E-state index contributed by atoms with van der Waals surface area (Å²) in [6.07, 6.45) is -9.22. The Morgan fingerprint density at radius 1 is 0.823 bits per heavy atom. The smallest absolute Gasteiger partial charge is 0.338 e. The molecule has 2 saturated carbocycles. The Morgan fingerprint density at radius 2 is 1.47 bits per heavy atom. The fraction of sp³-hybridized carbons (Fsp3) is 0.522. The van der Waals surface area contributed by atoms with Crippen molar-refractivity contribution in [2.75, 3.05) is 19.8 Å². The molecule has 3 fully saturated rings. The van der Waals surface area contributed by atoms with E-state index in [9.17, 15) is 68.0 Å². The van der Waals surface area contributed by atoms with Crippen LogP contribution in [0, 0.1) is 28.0 Å². The summed E-state index contributed by atoms with van der Waals surface area (Å²) < 4.78 is 44.4. The summed E-state index contributed by atoms with van der Waals surface area (Å²) in [4.78, 5) is 148. The largest absolute Gasteiger partial charge is 0.480 e. The van der Waals surface area contributed by atoms with Crippen LogP contribution < -0.4 is 32.3 Å². The molecule has 520 valence electrons. The summed E-state index contributed by atoms with van der Waals surface area (Å²) >= 11 is 0. The van der Waals surface area contributed by atoms with Gasteiger partial charge in [-0.15, -0.1) is 0 Å². The third kappa shape index (κ3) is 16.7. The molecule has 1 aliphatic heterocycles. The van der Waals surface area contributed by atoms with Crippen LogP contribution in [0.15, 0.2) is 102 Å². The minimum Gasteiger partial charge on any atom is -0.480 e. The van der Waals surface area contributed by atoms with Gasteiger partial charge in [-0.1, -0.05) is 95.3 Å². The number of hydrogen-bond donors (Lipinski definition) is 10. The molecule has 7 rings (SSSR count). The van der Waals surface area contributed by atoms with Crippen molar-refractivity contribution < 1.29 is 101 Å². The van der Waals surface area contributed by atoms with Crippen molar-refractivity contribution in [3.05, 3.63) is 125 Å². The van der Waals surface area contributed by atoms with Crippen LogP contribution in [0.2, 0.25) is 0 Å². The number of fused-ring (bicyclic) bond motifs is 5. The van der Waals surface area contributed by atoms with E-state index >= 15 is 9.59 Å². The van der Waals surface area contributed by atoms with Crippen LogP contribution in [0.25, 0.3) is 6.08 Å². The molecule has 3 aromatic rings. The molecule has 6 amide bonds. The standard InChI is InChI=1S/C69H87FN6O20/c1-37-46(35-69(91)58(95-62(88)42-20-14-11-15-21-42)56-67(9,57(83)54(82)52(37)66(69,7)8)47(78)34-48-68(56,36-93-48)96-39(3)77)94-63(89)55(53(41-18-12-10-13-19-41)76-64(90)65(4,5)6)92-33-31-49(79)72-32-17-16-22-45(61(86)87)74-51(81)30-28-44(59(71)84)75-60(85)38(2)73-50(80)29-25-40-23-26-43(70)27-24-40/h10-15,18-21,23-27,29,38,44-48,53-56,58,78,82,91H,16-17,22,28,30-36H2,1-9H3,(H2,71,84)(H,72,79)(H,73,80)(H,74,81)(H,75,85)(H,76,90)(H,86,87)/b29-25+/t38-,44+,45-,46-,47-,48+,53-,54+,55+,56-,58-,67+,68-,69+/m0/s1. The van der Waals surface area contributed by atoms with E-state index in [4.69, 9.17) is 29.4 Å². The van der Waals surface area contributed by atoms with Crippen molar-refractivity contribution >= 4 is 71.2 Å². The zero-order valence-electron chi connectivity index (χ0n) is 55.1. The van der Waals surface area contributed by atoms with Gasteiger partial charge >= 0.3 is 23.9 Å². The number of carboxylic acid groups (broad SMARTS) is 1. The second-order valence-electron chi connectivity index (χ2n) is 26.7. The second kappa shape index (κ2) is 31.0. The zero-order valence-corrected chi connectivity index (χ0v) is 55.1. The highest BCUT2D eigenvalue weighted by atomic mass is 19.1. The first-order chi connectivity index (χ1) is 45.1. The van der Waals surface area contributed by atoms with Gasteiger partial charge in [-0.2, -0.15) is 0 Å². The van der Waals surface area contributed by atoms with Crippen molar-refractivity contribution in [3.63, 3.8) is 0 Å². The molecule has 11 N–H and O–H groups in total. The molecular weight excluding hydrogens is 1250 g/mol. The van der Waals surface area contributed by atoms with Crippen molar-refractivity contribution in [3.8, 4) is 0 Å². The number of aliphatic carboxylic acids is 1. The van der Waals surface area contributed by atoms with Gasteiger partial charge in [0.2, 0.25) is 35.4 Å². The highest BCUT2D eigenvalue weighted by molar-refractivity contribution is 5.97. The van der Waals surface area contributed by atoms with E-state index in [1.807, 2.05) is 0 Å². The molecule has 26 nitrogen and oxygen atoms in total. The molecule has 0 radical (unpaired) electrons. The number of ketones is 1. The molecule has 1 heterocycles. The number of nitrogens with two attached hydrogens (primary N) is 1. The van der Waals surface area contributed by atoms with Crippen LogP contribution in [-0.2, 0) is 71.6 Å². The van der Waals surface area contributed by atoms with Gasteiger partial charge in [-0.3, -0.25) is 38.4 Å². The number of aliphatic hydroxyl groups excluding tert-OH is 2. The molecule has 96 heavy (non-hydrogen) atoms. The van der Waals surface area contributed by atoms with E-state index in [1.54, 1.807) is 69.3 Å². The summed E-state index contributed by atoms with van der Waals surface area (Å²) in [5, 5.41) is 61.3. The SMILES string of the molecule is CC(=O)O[C@@]12CO[C@@H]1C[C@H](O)[C@@]1(C)C(=O)[C@H](O)C3=C(C)[C@@H](OC(=O)[C@H](OCCC(=O)NCCCC[C@H](NC(=O)CC[C@@H](NC(=O)[C@H](C)NC(=O)/C=C/c4ccc(F)cc4)C(N)=O)C(=O)O)[C@@H](NC(=O)C(C)(C)C)c4ccccc4)C[C@@](O)([C@@H](OC(=O)c4ccccc4)[C@H]21)C3(C)C. The summed E-state index contributed by atoms with van der Waals surface area (Å²) in [7, 11) is 0. The summed E-state index contributed by atoms with van der Waals surface area (Å²) in [5.41, 5.74) is -2.81. The van der Waals surface area contributed by atoms with E-state index in [1.165, 1.54) is 77.1 Å². The minimum atomic E-state index is -2.47. The van der Waals surface area contributed by atoms with Gasteiger partial charge in [0.15, 0.2) is 17.5 Å². The average molecular weight is 1340 g/mol. The summed E-state index contributed by atoms with van der Waals surface area (Å²) in [6, 6.07) is 16.0. The first-order valence-electron chi connectivity index (χ1n) is 31.8. The van der Waals surface area contributed by atoms with Crippen molar-refractivity contribution in [2.24, 2.45) is 27.9 Å². The number of hydrogen-bond acceptors (Lipinski definition) is 19. The number of rotatable bonds is 28. The molecule has 0 aromatic heterocycles. The Labute approximate surface area is 555 Å². The molecular formula is C69H87FN6O20. The number of esters is 3. The molecule has 4 aliphatic rings. The van der Waals surface area contributed by atoms with E-state index in [0.29, 0.717) is 11.1 Å². The lowest BCUT2D eigenvalue weighted by atomic mass is 9.44. The van der Waals surface area contributed by atoms with Crippen LogP contribution in [-0.4, -0.2) is 171 Å². The van der Waals surface area contributed by atoms with Gasteiger partial charge in [0, 0.05) is 56.1 Å². The number of aliphatic hydroxyl groups is 3. The molecule has 0 unspecified atom stereocenters. The third-order valence-electron chi connectivity index (χ3n) is 18.7. The van der Waals surface area contributed by atoms with Gasteiger partial charge in [0.05, 0.1) is 42.3 Å². The van der Waals surface area contributed by atoms with Crippen molar-refractivity contribution in [1.82, 2.24) is 26.6 Å². The molecule has 27 heteroatoms. The molecule has 3 aromatic carbocycles. The highest BCUT2D eigenvalue weighted by Gasteiger charge is 2.78. The third-order valence-corrected chi connectivity index (χ3v) is 18.7. The van der Waals surface area contributed by atoms with Crippen LogP contribution in [0.4, 0.5) is 4.39 Å². The van der Waals surface area contributed by atoms with Crippen molar-refractivity contribution in [2.45, 2.75) is 186 Å². The number of carbonyl (C=O) groups is 11. The number of ether oxygens (including phenoxy) is 5. The van der Waals surface area contributed by atoms with Gasteiger partial charge in [-0.05, 0) is 99.1 Å². The number of carbonyl (C=O) groups excluding carboxylic acids is 10. The first-order valence-corrected chi connectivity index (χ1v) is 31.8. The lowest BCUT2D eigenvalue weighted by Gasteiger charge is -2.67. The predicted octanol–water partition coefficient (Wildman–Crippen LogP) is 3.28. The monoisotopic (exact) mass is 1340 g/mol. The Balaban J connectivity index is 1.04. The fourth-order valence-electron chi connectivity index (χ4n) is 13.2. The summed E-state index contributed by atoms with van der Waals surface area (Å²) in [5.74, 6) is -11.7. The number of Topliss-reactive ketones (excluding diaryl/α,β-unsaturated/α-hetero) is 1. The normalized spacial score (nSPS) is 25.8. The number of nitrogens with one attached hydrogen (secondary N) is 5. The molecule has 3 aliphatic carbocycles. The number of carboxylic acids is 1. The highest BCUT2D eigenvalue weighted by Crippen LogP contribution is 2.64. The van der Waals surface area contributed by atoms with E-state index < -0.39 is 185 Å². The van der Waals surface area contributed by atoms with E-state index in [0.717, 1.165) is 13.0 Å². The van der Waals surface area contributed by atoms with Gasteiger partial charge in [-0.25, -0.2) is 18.8 Å². The fourth-order valence-corrected chi connectivity index (χ4v) is 13.2. The quantitative estimate of drug-likeness (QED) is 0.0164. The lowest BCUT2D eigenvalue weighted by Crippen LogP contribution is -2.81. The average Bonchev–Trinajstić information content (AvgIpc) is 0.671. The van der Waals surface area contributed by atoms with Crippen LogP contribution in [0.3, 0.4) is 0 Å². The van der Waals surface area contributed by atoms with Crippen molar-refractivity contribution in [1.29, 1.82) is 0 Å². The van der Waals surface area contributed by atoms with Crippen LogP contribution in [0.5, 0.6) is 0 Å². The Kier molecular flexibility index (Phi) is 24.1. The lowest BCUT2D eigenvalue weighted by molar-refractivity contribution is -0.346. The topological polar surface area (TPSA) is 401 Å². The number of primary amides is 1. The van der Waals surface area contributed by atoms with Gasteiger partial charge in [0.1, 0.15) is 54.0 Å². The number of unbranched alkanes of at least 4 members (excludes halogenated alkanes) is 1. The first kappa shape index (κ1) is 74.6. The van der Waals surface area contributed by atoms with E-state index in [2.05, 4.69) is 26.6 Å².